The molecular formula is C18H22ClF3N4O. The van der Waals surface area contributed by atoms with Gasteiger partial charge in [0.05, 0.1) is 11.9 Å². The topological polar surface area (TPSA) is 64.2 Å². The SMILES string of the molecule is CC(N)C1CCCCN1C(=O)c1cccc(-n2nccc2C(F)(F)F)c1.Cl. The molecule has 2 N–H and O–H groups in total. The summed E-state index contributed by atoms with van der Waals surface area (Å²) in [7, 11) is 0. The number of aromatic nitrogens is 2. The fourth-order valence-corrected chi connectivity index (χ4v) is 3.42. The molecule has 9 heteroatoms. The summed E-state index contributed by atoms with van der Waals surface area (Å²) in [4.78, 5) is 14.7. The average molecular weight is 403 g/mol. The first-order valence-electron chi connectivity index (χ1n) is 8.57. The lowest BCUT2D eigenvalue weighted by atomic mass is 9.96. The number of nitrogens with two attached hydrogens (primary N) is 1. The molecule has 27 heavy (non-hydrogen) atoms. The molecule has 2 atom stereocenters. The van der Waals surface area contributed by atoms with E-state index < -0.39 is 11.9 Å². The number of likely N-dealkylation sites (tertiary alicyclic amines) is 1. The molecule has 2 aromatic rings. The monoisotopic (exact) mass is 402 g/mol. The van der Waals surface area contributed by atoms with E-state index in [0.29, 0.717) is 12.1 Å². The summed E-state index contributed by atoms with van der Waals surface area (Å²) in [5.74, 6) is -0.213. The van der Waals surface area contributed by atoms with Crippen molar-refractivity contribution in [2.45, 2.75) is 44.4 Å². The highest BCUT2D eigenvalue weighted by Gasteiger charge is 2.35. The Hall–Kier alpha value is -2.06. The van der Waals surface area contributed by atoms with E-state index in [1.54, 1.807) is 17.0 Å². The third kappa shape index (κ3) is 4.44. The first kappa shape index (κ1) is 21.2. The Morgan fingerprint density at radius 1 is 1.30 bits per heavy atom. The van der Waals surface area contributed by atoms with Crippen LogP contribution in [0.4, 0.5) is 13.2 Å². The van der Waals surface area contributed by atoms with Gasteiger partial charge >= 0.3 is 6.18 Å². The van der Waals surface area contributed by atoms with Crippen LogP contribution in [0.5, 0.6) is 0 Å². The van der Waals surface area contributed by atoms with Crippen LogP contribution in [0, 0.1) is 0 Å². The molecule has 1 fully saturated rings. The highest BCUT2D eigenvalue weighted by atomic mass is 35.5. The largest absolute Gasteiger partial charge is 0.433 e. The van der Waals surface area contributed by atoms with Crippen LogP contribution in [0.25, 0.3) is 5.69 Å². The van der Waals surface area contributed by atoms with Crippen LogP contribution in [0.15, 0.2) is 36.5 Å². The maximum atomic E-state index is 13.1. The molecule has 2 unspecified atom stereocenters. The lowest BCUT2D eigenvalue weighted by Crippen LogP contribution is -2.51. The third-order valence-electron chi connectivity index (χ3n) is 4.69. The molecule has 0 aliphatic carbocycles. The van der Waals surface area contributed by atoms with Crippen LogP contribution in [0.3, 0.4) is 0 Å². The zero-order valence-electron chi connectivity index (χ0n) is 14.8. The van der Waals surface area contributed by atoms with E-state index in [-0.39, 0.29) is 36.1 Å². The number of hydrogen-bond donors (Lipinski definition) is 1. The molecule has 0 bridgehead atoms. The number of amides is 1. The van der Waals surface area contributed by atoms with E-state index in [0.717, 1.165) is 36.2 Å². The van der Waals surface area contributed by atoms with Crippen molar-refractivity contribution >= 4 is 18.3 Å². The average Bonchev–Trinajstić information content (AvgIpc) is 3.11. The number of nitrogens with zero attached hydrogens (tertiary/aromatic N) is 3. The summed E-state index contributed by atoms with van der Waals surface area (Å²) in [5, 5.41) is 3.76. The van der Waals surface area contributed by atoms with Crippen LogP contribution < -0.4 is 5.73 Å². The Labute approximate surface area is 161 Å². The second-order valence-corrected chi connectivity index (χ2v) is 6.60. The van der Waals surface area contributed by atoms with Gasteiger partial charge in [0.2, 0.25) is 0 Å². The van der Waals surface area contributed by atoms with Gasteiger partial charge in [-0.05, 0) is 50.5 Å². The van der Waals surface area contributed by atoms with E-state index in [2.05, 4.69) is 5.10 Å². The normalized spacial score (nSPS) is 18.7. The fraction of sp³-hybridized carbons (Fsp3) is 0.444. The standard InChI is InChI=1S/C18H21F3N4O.ClH/c1-12(22)15-7-2-3-10-24(15)17(26)13-5-4-6-14(11-13)25-16(8-9-23-25)18(19,20)21;/h4-6,8-9,11-12,15H,2-3,7,10,22H2,1H3;1H. The summed E-state index contributed by atoms with van der Waals surface area (Å²) in [6.07, 6.45) is -0.692. The van der Waals surface area contributed by atoms with E-state index >= 15 is 0 Å². The number of benzene rings is 1. The predicted molar refractivity (Wildman–Crippen MR) is 98.1 cm³/mol. The lowest BCUT2D eigenvalue weighted by molar-refractivity contribution is -0.142. The van der Waals surface area contributed by atoms with Gasteiger partial charge in [0, 0.05) is 24.2 Å². The number of halogens is 4. The molecule has 3 rings (SSSR count). The Balaban J connectivity index is 0.00000261. The maximum Gasteiger partial charge on any atom is 0.433 e. The second-order valence-electron chi connectivity index (χ2n) is 6.60. The summed E-state index contributed by atoms with van der Waals surface area (Å²) < 4.78 is 40.1. The number of carbonyl (C=O) groups excluding carboxylic acids is 1. The smallest absolute Gasteiger partial charge is 0.334 e. The van der Waals surface area contributed by atoms with Gasteiger partial charge in [0.15, 0.2) is 0 Å². The van der Waals surface area contributed by atoms with Crippen LogP contribution in [-0.2, 0) is 6.18 Å². The van der Waals surface area contributed by atoms with Crippen LogP contribution in [0.2, 0.25) is 0 Å². The van der Waals surface area contributed by atoms with Gasteiger partial charge in [-0.25, -0.2) is 4.68 Å². The third-order valence-corrected chi connectivity index (χ3v) is 4.69. The maximum absolute atomic E-state index is 13.1. The van der Waals surface area contributed by atoms with Crippen molar-refractivity contribution in [1.82, 2.24) is 14.7 Å². The first-order valence-corrected chi connectivity index (χ1v) is 8.57. The quantitative estimate of drug-likeness (QED) is 0.852. The van der Waals surface area contributed by atoms with Crippen LogP contribution in [-0.4, -0.2) is 39.2 Å². The van der Waals surface area contributed by atoms with Gasteiger partial charge in [0.25, 0.3) is 5.91 Å². The minimum absolute atomic E-state index is 0. The van der Waals surface area contributed by atoms with Crippen molar-refractivity contribution in [2.75, 3.05) is 6.54 Å². The molecule has 1 aliphatic heterocycles. The number of carbonyl (C=O) groups is 1. The Morgan fingerprint density at radius 2 is 2.04 bits per heavy atom. The van der Waals surface area contributed by atoms with E-state index in [1.165, 1.54) is 12.1 Å². The zero-order chi connectivity index (χ0) is 18.9. The van der Waals surface area contributed by atoms with Gasteiger partial charge in [-0.15, -0.1) is 12.4 Å². The highest BCUT2D eigenvalue weighted by molar-refractivity contribution is 5.95. The molecule has 1 aromatic carbocycles. The van der Waals surface area contributed by atoms with Crippen molar-refractivity contribution in [3.05, 3.63) is 47.8 Å². The van der Waals surface area contributed by atoms with Gasteiger partial charge in [-0.3, -0.25) is 4.79 Å². The molecule has 148 valence electrons. The lowest BCUT2D eigenvalue weighted by Gasteiger charge is -2.38. The van der Waals surface area contributed by atoms with Gasteiger partial charge in [0.1, 0.15) is 5.69 Å². The van der Waals surface area contributed by atoms with Gasteiger partial charge in [-0.1, -0.05) is 6.07 Å². The van der Waals surface area contributed by atoms with Crippen molar-refractivity contribution in [1.29, 1.82) is 0 Å². The zero-order valence-corrected chi connectivity index (χ0v) is 15.6. The summed E-state index contributed by atoms with van der Waals surface area (Å²) >= 11 is 0. The summed E-state index contributed by atoms with van der Waals surface area (Å²) in [5.41, 5.74) is 5.66. The van der Waals surface area contributed by atoms with Gasteiger partial charge < -0.3 is 10.6 Å². The molecule has 1 amide bonds. The molecule has 1 aromatic heterocycles. The number of hydrogen-bond acceptors (Lipinski definition) is 3. The van der Waals surface area contributed by atoms with E-state index in [4.69, 9.17) is 5.73 Å². The predicted octanol–water partition coefficient (Wildman–Crippen LogP) is 3.65. The number of alkyl halides is 3. The van der Waals surface area contributed by atoms with Crippen LogP contribution in [0.1, 0.15) is 42.2 Å². The van der Waals surface area contributed by atoms with Crippen molar-refractivity contribution < 1.29 is 18.0 Å². The van der Waals surface area contributed by atoms with Crippen molar-refractivity contribution in [2.24, 2.45) is 5.73 Å². The first-order chi connectivity index (χ1) is 12.3. The molecule has 0 saturated carbocycles. The molecular weight excluding hydrogens is 381 g/mol. The molecule has 5 nitrogen and oxygen atoms in total. The minimum atomic E-state index is -4.52. The Morgan fingerprint density at radius 3 is 2.70 bits per heavy atom. The van der Waals surface area contributed by atoms with Crippen molar-refractivity contribution in [3.63, 3.8) is 0 Å². The molecule has 1 aliphatic rings. The van der Waals surface area contributed by atoms with Gasteiger partial charge in [-0.2, -0.15) is 18.3 Å². The highest BCUT2D eigenvalue weighted by Crippen LogP contribution is 2.31. The fourth-order valence-electron chi connectivity index (χ4n) is 3.42. The molecule has 2 heterocycles. The minimum Gasteiger partial charge on any atom is -0.334 e. The van der Waals surface area contributed by atoms with E-state index in [9.17, 15) is 18.0 Å². The number of rotatable bonds is 3. The summed E-state index contributed by atoms with van der Waals surface area (Å²) in [6, 6.07) is 6.80. The molecule has 0 radical (unpaired) electrons. The molecule has 0 spiro atoms. The Kier molecular flexibility index (Phi) is 6.54. The van der Waals surface area contributed by atoms with Crippen molar-refractivity contribution in [3.8, 4) is 5.69 Å². The Bertz CT molecular complexity index is 791. The van der Waals surface area contributed by atoms with E-state index in [1.807, 2.05) is 6.92 Å². The summed E-state index contributed by atoms with van der Waals surface area (Å²) in [6.45, 7) is 2.47. The second kappa shape index (κ2) is 8.31. The number of piperidine rings is 1. The molecule has 1 saturated heterocycles. The van der Waals surface area contributed by atoms with Crippen LogP contribution >= 0.6 is 12.4 Å².